The van der Waals surface area contributed by atoms with Crippen LogP contribution in [0.15, 0.2) is 53.5 Å². The van der Waals surface area contributed by atoms with Crippen LogP contribution in [0.3, 0.4) is 0 Å². The average molecular weight is 379 g/mol. The molecule has 0 fully saturated rings. The SMILES string of the molecule is CCOc1ccc(N2C(=O)c3ccccc3[C@H](C=NCCN(C)C)C2=O)cc1. The second kappa shape index (κ2) is 8.80. The van der Waals surface area contributed by atoms with Crippen molar-refractivity contribution in [3.05, 3.63) is 59.7 Å². The molecule has 28 heavy (non-hydrogen) atoms. The largest absolute Gasteiger partial charge is 0.494 e. The summed E-state index contributed by atoms with van der Waals surface area (Å²) >= 11 is 0. The maximum absolute atomic E-state index is 13.2. The minimum Gasteiger partial charge on any atom is -0.494 e. The number of nitrogens with zero attached hydrogens (tertiary/aromatic N) is 3. The maximum Gasteiger partial charge on any atom is 0.265 e. The summed E-state index contributed by atoms with van der Waals surface area (Å²) in [5.41, 5.74) is 1.76. The summed E-state index contributed by atoms with van der Waals surface area (Å²) in [5, 5.41) is 0. The van der Waals surface area contributed by atoms with Gasteiger partial charge in [-0.2, -0.15) is 0 Å². The van der Waals surface area contributed by atoms with E-state index in [0.29, 0.717) is 35.7 Å². The fourth-order valence-corrected chi connectivity index (χ4v) is 3.14. The predicted molar refractivity (Wildman–Crippen MR) is 111 cm³/mol. The van der Waals surface area contributed by atoms with Crippen LogP contribution >= 0.6 is 0 Å². The molecule has 0 spiro atoms. The second-order valence-electron chi connectivity index (χ2n) is 6.83. The van der Waals surface area contributed by atoms with Crippen molar-refractivity contribution in [2.75, 3.05) is 38.7 Å². The van der Waals surface area contributed by atoms with Crippen LogP contribution in [0.25, 0.3) is 0 Å². The van der Waals surface area contributed by atoms with Gasteiger partial charge < -0.3 is 9.64 Å². The van der Waals surface area contributed by atoms with Crippen LogP contribution in [0.4, 0.5) is 5.69 Å². The Morgan fingerprint density at radius 3 is 2.50 bits per heavy atom. The van der Waals surface area contributed by atoms with Gasteiger partial charge in [0.25, 0.3) is 5.91 Å². The van der Waals surface area contributed by atoms with E-state index in [1.54, 1.807) is 36.5 Å². The third-order valence-corrected chi connectivity index (χ3v) is 4.55. The van der Waals surface area contributed by atoms with Crippen LogP contribution in [-0.2, 0) is 4.79 Å². The minimum atomic E-state index is -0.581. The summed E-state index contributed by atoms with van der Waals surface area (Å²) in [7, 11) is 3.95. The molecule has 0 unspecified atom stereocenters. The van der Waals surface area contributed by atoms with Crippen molar-refractivity contribution < 1.29 is 14.3 Å². The Kier molecular flexibility index (Phi) is 6.21. The van der Waals surface area contributed by atoms with E-state index < -0.39 is 5.92 Å². The lowest BCUT2D eigenvalue weighted by Crippen LogP contribution is -2.45. The highest BCUT2D eigenvalue weighted by atomic mass is 16.5. The van der Waals surface area contributed by atoms with E-state index in [0.717, 1.165) is 6.54 Å². The van der Waals surface area contributed by atoms with Crippen molar-refractivity contribution in [3.63, 3.8) is 0 Å². The number of hydrogen-bond acceptors (Lipinski definition) is 5. The Labute approximate surface area is 165 Å². The molecule has 1 aliphatic rings. The molecule has 2 aromatic rings. The van der Waals surface area contributed by atoms with Gasteiger partial charge in [0.2, 0.25) is 5.91 Å². The molecular weight excluding hydrogens is 354 g/mol. The van der Waals surface area contributed by atoms with Gasteiger partial charge in [0.05, 0.1) is 24.8 Å². The number of rotatable bonds is 7. The average Bonchev–Trinajstić information content (AvgIpc) is 2.69. The topological polar surface area (TPSA) is 62.2 Å². The molecule has 0 saturated heterocycles. The van der Waals surface area contributed by atoms with E-state index in [9.17, 15) is 9.59 Å². The standard InChI is InChI=1S/C22H25N3O3/c1-4-28-17-11-9-16(10-12-17)25-21(26)19-8-6-5-7-18(19)20(22(25)27)15-23-13-14-24(2)3/h5-12,15,20H,4,13-14H2,1-3H3/t20-/m0/s1. The molecule has 1 heterocycles. The van der Waals surface area contributed by atoms with E-state index in [4.69, 9.17) is 4.74 Å². The molecule has 0 bridgehead atoms. The predicted octanol–water partition coefficient (Wildman–Crippen LogP) is 2.99. The highest BCUT2D eigenvalue weighted by Crippen LogP contribution is 2.32. The first-order valence-electron chi connectivity index (χ1n) is 9.37. The Bertz CT molecular complexity index is 875. The number of benzene rings is 2. The summed E-state index contributed by atoms with van der Waals surface area (Å²) in [6, 6.07) is 14.2. The zero-order valence-corrected chi connectivity index (χ0v) is 16.5. The molecule has 1 atom stereocenters. The molecule has 146 valence electrons. The number of imide groups is 1. The van der Waals surface area contributed by atoms with E-state index in [-0.39, 0.29) is 11.8 Å². The minimum absolute atomic E-state index is 0.290. The second-order valence-corrected chi connectivity index (χ2v) is 6.83. The first-order valence-corrected chi connectivity index (χ1v) is 9.37. The van der Waals surface area contributed by atoms with Gasteiger partial charge in [0.1, 0.15) is 5.75 Å². The van der Waals surface area contributed by atoms with E-state index in [2.05, 4.69) is 4.99 Å². The number of amides is 2. The van der Waals surface area contributed by atoms with E-state index >= 15 is 0 Å². The van der Waals surface area contributed by atoms with Crippen LogP contribution in [-0.4, -0.2) is 56.7 Å². The summed E-state index contributed by atoms with van der Waals surface area (Å²) in [6.45, 7) is 3.85. The van der Waals surface area contributed by atoms with E-state index in [1.165, 1.54) is 4.90 Å². The zero-order chi connectivity index (χ0) is 20.1. The van der Waals surface area contributed by atoms with Crippen LogP contribution in [0.5, 0.6) is 5.75 Å². The number of hydrogen-bond donors (Lipinski definition) is 0. The van der Waals surface area contributed by atoms with Crippen molar-refractivity contribution in [2.24, 2.45) is 4.99 Å². The number of fused-ring (bicyclic) bond motifs is 1. The van der Waals surface area contributed by atoms with Crippen LogP contribution in [0, 0.1) is 0 Å². The monoisotopic (exact) mass is 379 g/mol. The fraction of sp³-hybridized carbons (Fsp3) is 0.318. The van der Waals surface area contributed by atoms with Gasteiger partial charge in [0.15, 0.2) is 0 Å². The number of carbonyl (C=O) groups excluding carboxylic acids is 2. The molecule has 3 rings (SSSR count). The first kappa shape index (κ1) is 19.8. The van der Waals surface area contributed by atoms with Gasteiger partial charge >= 0.3 is 0 Å². The smallest absolute Gasteiger partial charge is 0.265 e. The van der Waals surface area contributed by atoms with Gasteiger partial charge in [-0.05, 0) is 56.9 Å². The summed E-state index contributed by atoms with van der Waals surface area (Å²) in [6.07, 6.45) is 1.67. The number of carbonyl (C=O) groups is 2. The molecule has 1 aliphatic heterocycles. The lowest BCUT2D eigenvalue weighted by Gasteiger charge is -2.31. The molecule has 6 nitrogen and oxygen atoms in total. The Hall–Kier alpha value is -2.99. The number of ether oxygens (including phenoxy) is 1. The van der Waals surface area contributed by atoms with Gasteiger partial charge in [0, 0.05) is 18.3 Å². The molecule has 0 aromatic heterocycles. The molecule has 6 heteroatoms. The molecule has 0 aliphatic carbocycles. The summed E-state index contributed by atoms with van der Waals surface area (Å²) in [4.78, 5) is 33.9. The van der Waals surface area contributed by atoms with Crippen LogP contribution < -0.4 is 9.64 Å². The van der Waals surface area contributed by atoms with E-state index in [1.807, 2.05) is 44.1 Å². The lowest BCUT2D eigenvalue weighted by atomic mass is 9.89. The van der Waals surface area contributed by atoms with Gasteiger partial charge in [-0.25, -0.2) is 4.90 Å². The number of aliphatic imine (C=N–C) groups is 1. The lowest BCUT2D eigenvalue weighted by molar-refractivity contribution is -0.118. The van der Waals surface area contributed by atoms with Crippen LogP contribution in [0.2, 0.25) is 0 Å². The fourth-order valence-electron chi connectivity index (χ4n) is 3.14. The Morgan fingerprint density at radius 2 is 1.82 bits per heavy atom. The van der Waals surface area contributed by atoms with Gasteiger partial charge in [-0.1, -0.05) is 18.2 Å². The van der Waals surface area contributed by atoms with Gasteiger partial charge in [-0.3, -0.25) is 14.6 Å². The third-order valence-electron chi connectivity index (χ3n) is 4.55. The normalized spacial score (nSPS) is 16.7. The van der Waals surface area contributed by atoms with Crippen molar-refractivity contribution in [1.82, 2.24) is 4.90 Å². The van der Waals surface area contributed by atoms with Crippen molar-refractivity contribution in [2.45, 2.75) is 12.8 Å². The Balaban J connectivity index is 1.94. The van der Waals surface area contributed by atoms with Crippen LogP contribution in [0.1, 0.15) is 28.8 Å². The first-order chi connectivity index (χ1) is 13.5. The van der Waals surface area contributed by atoms with Crippen molar-refractivity contribution in [3.8, 4) is 5.75 Å². The quantitative estimate of drug-likeness (QED) is 0.548. The Morgan fingerprint density at radius 1 is 1.11 bits per heavy atom. The molecule has 2 amide bonds. The summed E-state index contributed by atoms with van der Waals surface area (Å²) < 4.78 is 5.45. The number of likely N-dealkylation sites (N-methyl/N-ethyl adjacent to an activating group) is 1. The molecule has 0 N–H and O–H groups in total. The maximum atomic E-state index is 13.2. The highest BCUT2D eigenvalue weighted by Gasteiger charge is 2.38. The van der Waals surface area contributed by atoms with Crippen molar-refractivity contribution >= 4 is 23.7 Å². The van der Waals surface area contributed by atoms with Gasteiger partial charge in [-0.15, -0.1) is 0 Å². The third kappa shape index (κ3) is 4.12. The highest BCUT2D eigenvalue weighted by molar-refractivity contribution is 6.29. The zero-order valence-electron chi connectivity index (χ0n) is 16.5. The van der Waals surface area contributed by atoms with Crippen molar-refractivity contribution in [1.29, 1.82) is 0 Å². The number of anilines is 1. The molecule has 0 saturated carbocycles. The molecule has 2 aromatic carbocycles. The molecular formula is C22H25N3O3. The molecule has 0 radical (unpaired) electrons. The summed E-state index contributed by atoms with van der Waals surface area (Å²) in [5.74, 6) is -0.489.